The van der Waals surface area contributed by atoms with E-state index in [0.717, 1.165) is 60.0 Å². The molecule has 0 amide bonds. The van der Waals surface area contributed by atoms with Crippen LogP contribution in [0, 0.1) is 0 Å². The third-order valence-corrected chi connectivity index (χ3v) is 7.02. The number of hydrogen-bond acceptors (Lipinski definition) is 6. The lowest BCUT2D eigenvalue weighted by molar-refractivity contribution is -0.121. The van der Waals surface area contributed by atoms with Crippen molar-refractivity contribution in [2.45, 2.75) is 57.0 Å². The number of aromatic nitrogens is 4. The Morgan fingerprint density at radius 1 is 1.20 bits per heavy atom. The SMILES string of the molecule is CC1(C)C(=O)Cc2cc(Cc3nc4c(N5C6CCC5COC6)nccn4n3)ccc21. The van der Waals surface area contributed by atoms with Gasteiger partial charge in [-0.05, 0) is 43.4 Å². The van der Waals surface area contributed by atoms with Crippen molar-refractivity contribution in [3.63, 3.8) is 0 Å². The van der Waals surface area contributed by atoms with Crippen molar-refractivity contribution >= 4 is 17.2 Å². The number of ketones is 1. The topological polar surface area (TPSA) is 72.6 Å². The lowest BCUT2D eigenvalue weighted by Crippen LogP contribution is -2.46. The number of Topliss-reactive ketones (excluding diaryl/α,β-unsaturated/α-hetero) is 1. The predicted molar refractivity (Wildman–Crippen MR) is 112 cm³/mol. The molecule has 3 aliphatic rings. The summed E-state index contributed by atoms with van der Waals surface area (Å²) in [6, 6.07) is 7.10. The number of carbonyl (C=O) groups excluding carboxylic acids is 1. The first-order chi connectivity index (χ1) is 14.5. The van der Waals surface area contributed by atoms with Gasteiger partial charge in [-0.2, -0.15) is 5.10 Å². The number of hydrogen-bond donors (Lipinski definition) is 0. The second kappa shape index (κ2) is 6.35. The van der Waals surface area contributed by atoms with Gasteiger partial charge in [0.15, 0.2) is 17.3 Å². The number of rotatable bonds is 3. The van der Waals surface area contributed by atoms with Gasteiger partial charge in [0.1, 0.15) is 5.78 Å². The maximum atomic E-state index is 12.3. The van der Waals surface area contributed by atoms with E-state index in [1.54, 1.807) is 6.20 Å². The van der Waals surface area contributed by atoms with Gasteiger partial charge in [0.25, 0.3) is 0 Å². The highest BCUT2D eigenvalue weighted by Crippen LogP contribution is 2.37. The molecule has 0 saturated carbocycles. The van der Waals surface area contributed by atoms with Crippen molar-refractivity contribution in [1.82, 2.24) is 19.6 Å². The summed E-state index contributed by atoms with van der Waals surface area (Å²) in [5, 5.41) is 4.71. The third-order valence-electron chi connectivity index (χ3n) is 7.02. The summed E-state index contributed by atoms with van der Waals surface area (Å²) < 4.78 is 7.57. The molecule has 2 atom stereocenters. The first-order valence-electron chi connectivity index (χ1n) is 10.7. The van der Waals surface area contributed by atoms with Gasteiger partial charge in [-0.15, -0.1) is 0 Å². The zero-order valence-corrected chi connectivity index (χ0v) is 17.3. The van der Waals surface area contributed by atoms with Crippen molar-refractivity contribution < 1.29 is 9.53 Å². The van der Waals surface area contributed by atoms with E-state index >= 15 is 0 Å². The predicted octanol–water partition coefficient (Wildman–Crippen LogP) is 2.49. The molecule has 7 nitrogen and oxygen atoms in total. The van der Waals surface area contributed by atoms with E-state index in [9.17, 15) is 4.79 Å². The van der Waals surface area contributed by atoms with Crippen LogP contribution in [0.15, 0.2) is 30.6 Å². The van der Waals surface area contributed by atoms with Gasteiger partial charge in [-0.25, -0.2) is 14.5 Å². The number of benzene rings is 1. The van der Waals surface area contributed by atoms with Gasteiger partial charge in [0, 0.05) is 30.7 Å². The van der Waals surface area contributed by atoms with E-state index in [0.29, 0.717) is 24.9 Å². The van der Waals surface area contributed by atoms with Crippen molar-refractivity contribution in [3.8, 4) is 0 Å². The van der Waals surface area contributed by atoms with Gasteiger partial charge in [0.05, 0.1) is 25.3 Å². The molecule has 30 heavy (non-hydrogen) atoms. The minimum absolute atomic E-state index is 0.288. The van der Waals surface area contributed by atoms with Crippen LogP contribution in [0.1, 0.15) is 49.2 Å². The molecule has 1 aliphatic carbocycles. The summed E-state index contributed by atoms with van der Waals surface area (Å²) >= 11 is 0. The molecule has 0 spiro atoms. The standard InChI is InChI=1S/C23H25N5O2/c1-23(2)18-6-3-14(9-15(18)11-19(23)29)10-20-25-22-21(24-7-8-27(22)26-20)28-16-4-5-17(28)13-30-12-16/h3,6-9,16-17H,4-5,10-13H2,1-2H3. The highest BCUT2D eigenvalue weighted by atomic mass is 16.5. The minimum atomic E-state index is -0.382. The van der Waals surface area contributed by atoms with Crippen molar-refractivity contribution in [1.29, 1.82) is 0 Å². The van der Waals surface area contributed by atoms with Gasteiger partial charge < -0.3 is 9.64 Å². The lowest BCUT2D eigenvalue weighted by Gasteiger charge is -2.35. The second-order valence-corrected chi connectivity index (χ2v) is 9.27. The van der Waals surface area contributed by atoms with Crippen LogP contribution in [0.3, 0.4) is 0 Å². The molecular formula is C23H25N5O2. The quantitative estimate of drug-likeness (QED) is 0.669. The molecule has 2 aliphatic heterocycles. The van der Waals surface area contributed by atoms with Gasteiger partial charge in [0.2, 0.25) is 0 Å². The average Bonchev–Trinajstić information content (AvgIpc) is 3.31. The summed E-state index contributed by atoms with van der Waals surface area (Å²) in [6.45, 7) is 5.53. The van der Waals surface area contributed by atoms with Crippen molar-refractivity contribution in [2.24, 2.45) is 0 Å². The van der Waals surface area contributed by atoms with Crippen LogP contribution >= 0.6 is 0 Å². The van der Waals surface area contributed by atoms with Crippen molar-refractivity contribution in [3.05, 3.63) is 53.1 Å². The smallest absolute Gasteiger partial charge is 0.198 e. The summed E-state index contributed by atoms with van der Waals surface area (Å²) in [7, 11) is 0. The largest absolute Gasteiger partial charge is 0.377 e. The molecule has 7 heteroatoms. The van der Waals surface area contributed by atoms with Crippen LogP contribution in [0.5, 0.6) is 0 Å². The van der Waals surface area contributed by atoms with E-state index in [1.807, 2.05) is 24.6 Å². The number of fused-ring (bicyclic) bond motifs is 4. The second-order valence-electron chi connectivity index (χ2n) is 9.27. The van der Waals surface area contributed by atoms with E-state index in [2.05, 4.69) is 28.1 Å². The van der Waals surface area contributed by atoms with Gasteiger partial charge >= 0.3 is 0 Å². The Kier molecular flexibility index (Phi) is 3.81. The molecule has 0 radical (unpaired) electrons. The Balaban J connectivity index is 1.33. The first kappa shape index (κ1) is 18.0. The van der Waals surface area contributed by atoms with Crippen LogP contribution in [0.4, 0.5) is 5.82 Å². The molecule has 2 unspecified atom stereocenters. The normalized spacial score (nSPS) is 24.6. The molecule has 2 saturated heterocycles. The molecule has 3 aromatic rings. The molecule has 0 N–H and O–H groups in total. The molecule has 154 valence electrons. The Labute approximate surface area is 175 Å². The molecular weight excluding hydrogens is 378 g/mol. The lowest BCUT2D eigenvalue weighted by atomic mass is 9.85. The summed E-state index contributed by atoms with van der Waals surface area (Å²) in [5.41, 5.74) is 3.85. The van der Waals surface area contributed by atoms with E-state index in [1.165, 1.54) is 0 Å². The molecule has 6 rings (SSSR count). The first-order valence-corrected chi connectivity index (χ1v) is 10.7. The maximum absolute atomic E-state index is 12.3. The van der Waals surface area contributed by atoms with Crippen molar-refractivity contribution in [2.75, 3.05) is 18.1 Å². The Bertz CT molecular complexity index is 1150. The molecule has 2 bridgehead atoms. The fraction of sp³-hybridized carbons (Fsp3) is 0.478. The van der Waals surface area contributed by atoms with E-state index in [4.69, 9.17) is 14.8 Å². The average molecular weight is 403 g/mol. The molecule has 2 aromatic heterocycles. The Morgan fingerprint density at radius 2 is 2.00 bits per heavy atom. The van der Waals surface area contributed by atoms with Crippen LogP contribution < -0.4 is 4.90 Å². The number of carbonyl (C=O) groups is 1. The van der Waals surface area contributed by atoms with Crippen LogP contribution in [-0.2, 0) is 27.8 Å². The monoisotopic (exact) mass is 403 g/mol. The fourth-order valence-electron chi connectivity index (χ4n) is 5.32. The zero-order chi connectivity index (χ0) is 20.5. The summed E-state index contributed by atoms with van der Waals surface area (Å²) in [6.07, 6.45) is 7.10. The maximum Gasteiger partial charge on any atom is 0.198 e. The van der Waals surface area contributed by atoms with Crippen LogP contribution in [0.2, 0.25) is 0 Å². The van der Waals surface area contributed by atoms with Crippen LogP contribution in [0.25, 0.3) is 5.65 Å². The summed E-state index contributed by atoms with van der Waals surface area (Å²) in [5.74, 6) is 1.97. The zero-order valence-electron chi connectivity index (χ0n) is 17.3. The fourth-order valence-corrected chi connectivity index (χ4v) is 5.32. The van der Waals surface area contributed by atoms with E-state index in [-0.39, 0.29) is 11.2 Å². The van der Waals surface area contributed by atoms with Gasteiger partial charge in [-0.3, -0.25) is 4.79 Å². The van der Waals surface area contributed by atoms with Gasteiger partial charge in [-0.1, -0.05) is 18.2 Å². The molecule has 1 aromatic carbocycles. The number of ether oxygens (including phenoxy) is 1. The van der Waals surface area contributed by atoms with Crippen LogP contribution in [-0.4, -0.2) is 50.7 Å². The number of anilines is 1. The molecule has 4 heterocycles. The minimum Gasteiger partial charge on any atom is -0.377 e. The highest BCUT2D eigenvalue weighted by Gasteiger charge is 2.40. The Hall–Kier alpha value is -2.80. The van der Waals surface area contributed by atoms with E-state index < -0.39 is 0 Å². The molecule has 2 fully saturated rings. The Morgan fingerprint density at radius 3 is 2.80 bits per heavy atom. The number of morpholine rings is 1. The summed E-state index contributed by atoms with van der Waals surface area (Å²) in [4.78, 5) is 24.3. The number of nitrogens with zero attached hydrogens (tertiary/aromatic N) is 5. The highest BCUT2D eigenvalue weighted by molar-refractivity contribution is 5.95. The third kappa shape index (κ3) is 2.61.